The summed E-state index contributed by atoms with van der Waals surface area (Å²) in [6.45, 7) is 2.14. The molecule has 0 aliphatic carbocycles. The lowest BCUT2D eigenvalue weighted by Crippen LogP contribution is -1.88. The molecule has 62 valence electrons. The van der Waals surface area contributed by atoms with Gasteiger partial charge in [-0.2, -0.15) is 0 Å². The van der Waals surface area contributed by atoms with E-state index in [1.807, 2.05) is 12.1 Å². The van der Waals surface area contributed by atoms with Crippen LogP contribution in [0.25, 0.3) is 0 Å². The number of halogens is 1. The number of aliphatic hydroxyl groups excluding tert-OH is 1. The van der Waals surface area contributed by atoms with Crippen LogP contribution >= 0.6 is 12.4 Å². The van der Waals surface area contributed by atoms with E-state index in [0.717, 1.165) is 17.7 Å². The van der Waals surface area contributed by atoms with Crippen LogP contribution in [0.5, 0.6) is 0 Å². The highest BCUT2D eigenvalue weighted by Crippen LogP contribution is 1.99. The molecule has 0 unspecified atom stereocenters. The fraction of sp³-hybridized carbons (Fsp3) is 0.375. The first-order chi connectivity index (χ1) is 4.86. The lowest BCUT2D eigenvalue weighted by atomic mass is 10.2. The van der Waals surface area contributed by atoms with E-state index >= 15 is 0 Å². The van der Waals surface area contributed by atoms with Gasteiger partial charge in [0, 0.05) is 11.9 Å². The summed E-state index contributed by atoms with van der Waals surface area (Å²) in [6.07, 6.45) is 2.66. The molecule has 0 atom stereocenters. The molecule has 0 spiro atoms. The van der Waals surface area contributed by atoms with Crippen molar-refractivity contribution in [1.82, 2.24) is 4.98 Å². The first-order valence-electron chi connectivity index (χ1n) is 3.41. The molecular formula is C8H12ClNO. The van der Waals surface area contributed by atoms with Crippen LogP contribution in [0.15, 0.2) is 18.3 Å². The zero-order valence-electron chi connectivity index (χ0n) is 6.45. The van der Waals surface area contributed by atoms with E-state index in [2.05, 4.69) is 11.9 Å². The molecule has 0 aliphatic rings. The monoisotopic (exact) mass is 173 g/mol. The smallest absolute Gasteiger partial charge is 0.0696 e. The van der Waals surface area contributed by atoms with E-state index in [-0.39, 0.29) is 19.0 Å². The summed E-state index contributed by atoms with van der Waals surface area (Å²) in [7, 11) is 0. The van der Waals surface area contributed by atoms with Crippen LogP contribution in [0.2, 0.25) is 0 Å². The van der Waals surface area contributed by atoms with Crippen molar-refractivity contribution in [2.24, 2.45) is 0 Å². The molecule has 1 rings (SSSR count). The van der Waals surface area contributed by atoms with Crippen molar-refractivity contribution in [3.8, 4) is 0 Å². The lowest BCUT2D eigenvalue weighted by Gasteiger charge is -1.96. The molecule has 2 nitrogen and oxygen atoms in total. The number of hydrogen-bond acceptors (Lipinski definition) is 2. The highest BCUT2D eigenvalue weighted by Gasteiger charge is 1.90. The molecule has 3 heteroatoms. The van der Waals surface area contributed by atoms with E-state index in [1.165, 1.54) is 0 Å². The average Bonchev–Trinajstić information content (AvgIpc) is 2.05. The minimum Gasteiger partial charge on any atom is -0.392 e. The average molecular weight is 174 g/mol. The standard InChI is InChI=1S/C8H11NO.ClH/c1-2-8-4-3-7(6-10)5-9-8;/h3-5,10H,2,6H2,1H3;1H. The van der Waals surface area contributed by atoms with Gasteiger partial charge in [0.15, 0.2) is 0 Å². The number of rotatable bonds is 2. The number of hydrogen-bond donors (Lipinski definition) is 1. The lowest BCUT2D eigenvalue weighted by molar-refractivity contribution is 0.281. The Morgan fingerprint density at radius 3 is 2.55 bits per heavy atom. The predicted molar refractivity (Wildman–Crippen MR) is 46.8 cm³/mol. The molecule has 1 heterocycles. The number of aliphatic hydroxyl groups is 1. The van der Waals surface area contributed by atoms with Crippen LogP contribution < -0.4 is 0 Å². The van der Waals surface area contributed by atoms with Crippen LogP contribution in [0, 0.1) is 0 Å². The molecule has 11 heavy (non-hydrogen) atoms. The second kappa shape index (κ2) is 5.10. The topological polar surface area (TPSA) is 33.1 Å². The van der Waals surface area contributed by atoms with Crippen molar-refractivity contribution in [2.75, 3.05) is 0 Å². The van der Waals surface area contributed by atoms with Crippen molar-refractivity contribution in [1.29, 1.82) is 0 Å². The van der Waals surface area contributed by atoms with Crippen LogP contribution in [0.1, 0.15) is 18.2 Å². The van der Waals surface area contributed by atoms with Gasteiger partial charge in [0.1, 0.15) is 0 Å². The number of nitrogens with zero attached hydrogens (tertiary/aromatic N) is 1. The van der Waals surface area contributed by atoms with Crippen LogP contribution in [0.3, 0.4) is 0 Å². The summed E-state index contributed by atoms with van der Waals surface area (Å²) in [5.41, 5.74) is 1.94. The summed E-state index contributed by atoms with van der Waals surface area (Å²) in [5.74, 6) is 0. The van der Waals surface area contributed by atoms with Crippen molar-refractivity contribution in [3.05, 3.63) is 29.6 Å². The van der Waals surface area contributed by atoms with Crippen molar-refractivity contribution in [2.45, 2.75) is 20.0 Å². The molecular weight excluding hydrogens is 162 g/mol. The summed E-state index contributed by atoms with van der Waals surface area (Å²) in [5, 5.41) is 8.66. The Morgan fingerprint density at radius 1 is 1.45 bits per heavy atom. The minimum atomic E-state index is 0. The Hall–Kier alpha value is -0.600. The third kappa shape index (κ3) is 2.87. The molecule has 1 aromatic heterocycles. The maximum absolute atomic E-state index is 8.66. The first kappa shape index (κ1) is 10.4. The van der Waals surface area contributed by atoms with Crippen molar-refractivity contribution >= 4 is 12.4 Å². The Labute approximate surface area is 72.7 Å². The van der Waals surface area contributed by atoms with Gasteiger partial charge in [-0.15, -0.1) is 12.4 Å². The molecule has 0 fully saturated rings. The second-order valence-corrected chi connectivity index (χ2v) is 2.17. The summed E-state index contributed by atoms with van der Waals surface area (Å²) >= 11 is 0. The fourth-order valence-electron chi connectivity index (χ4n) is 0.758. The summed E-state index contributed by atoms with van der Waals surface area (Å²) in [6, 6.07) is 3.83. The third-order valence-electron chi connectivity index (χ3n) is 1.43. The third-order valence-corrected chi connectivity index (χ3v) is 1.43. The Morgan fingerprint density at radius 2 is 2.18 bits per heavy atom. The number of pyridine rings is 1. The number of aromatic nitrogens is 1. The fourth-order valence-corrected chi connectivity index (χ4v) is 0.758. The molecule has 0 aromatic carbocycles. The molecule has 0 bridgehead atoms. The largest absolute Gasteiger partial charge is 0.392 e. The van der Waals surface area contributed by atoms with Gasteiger partial charge >= 0.3 is 0 Å². The van der Waals surface area contributed by atoms with E-state index in [4.69, 9.17) is 5.11 Å². The van der Waals surface area contributed by atoms with Gasteiger partial charge < -0.3 is 5.11 Å². The van der Waals surface area contributed by atoms with E-state index in [9.17, 15) is 0 Å². The van der Waals surface area contributed by atoms with Crippen LogP contribution in [0.4, 0.5) is 0 Å². The zero-order valence-corrected chi connectivity index (χ0v) is 7.27. The number of aryl methyl sites for hydroxylation is 1. The zero-order chi connectivity index (χ0) is 7.40. The summed E-state index contributed by atoms with van der Waals surface area (Å²) in [4.78, 5) is 4.11. The van der Waals surface area contributed by atoms with Gasteiger partial charge in [-0.1, -0.05) is 13.0 Å². The summed E-state index contributed by atoms with van der Waals surface area (Å²) < 4.78 is 0. The van der Waals surface area contributed by atoms with Gasteiger partial charge in [0.2, 0.25) is 0 Å². The molecule has 1 aromatic rings. The van der Waals surface area contributed by atoms with Gasteiger partial charge in [0.25, 0.3) is 0 Å². The SMILES string of the molecule is CCc1ccc(CO)cn1.Cl. The second-order valence-electron chi connectivity index (χ2n) is 2.17. The van der Waals surface area contributed by atoms with E-state index < -0.39 is 0 Å². The van der Waals surface area contributed by atoms with E-state index in [1.54, 1.807) is 6.20 Å². The molecule has 0 aliphatic heterocycles. The van der Waals surface area contributed by atoms with Gasteiger partial charge in [0.05, 0.1) is 6.61 Å². The first-order valence-corrected chi connectivity index (χ1v) is 3.41. The Balaban J connectivity index is 0.000001000. The maximum atomic E-state index is 8.66. The Bertz CT molecular complexity index is 175. The minimum absolute atomic E-state index is 0. The van der Waals surface area contributed by atoms with E-state index in [0.29, 0.717) is 0 Å². The molecule has 1 N–H and O–H groups in total. The van der Waals surface area contributed by atoms with Gasteiger partial charge in [-0.25, -0.2) is 0 Å². The highest BCUT2D eigenvalue weighted by atomic mass is 35.5. The normalized spacial score (nSPS) is 8.91. The van der Waals surface area contributed by atoms with Gasteiger partial charge in [-0.05, 0) is 18.1 Å². The Kier molecular flexibility index (Phi) is 4.83. The molecule has 0 saturated carbocycles. The molecule has 0 amide bonds. The molecule has 0 radical (unpaired) electrons. The van der Waals surface area contributed by atoms with Crippen molar-refractivity contribution < 1.29 is 5.11 Å². The maximum Gasteiger partial charge on any atom is 0.0696 e. The predicted octanol–water partition coefficient (Wildman–Crippen LogP) is 1.56. The van der Waals surface area contributed by atoms with Crippen LogP contribution in [-0.4, -0.2) is 10.1 Å². The molecule has 0 saturated heterocycles. The highest BCUT2D eigenvalue weighted by molar-refractivity contribution is 5.85. The van der Waals surface area contributed by atoms with Crippen molar-refractivity contribution in [3.63, 3.8) is 0 Å². The van der Waals surface area contributed by atoms with Gasteiger partial charge in [-0.3, -0.25) is 4.98 Å². The quantitative estimate of drug-likeness (QED) is 0.737. The van der Waals surface area contributed by atoms with Crippen LogP contribution in [-0.2, 0) is 13.0 Å².